The molecule has 0 aliphatic heterocycles. The Bertz CT molecular complexity index is 1280. The summed E-state index contributed by atoms with van der Waals surface area (Å²) < 4.78 is 1.36. The van der Waals surface area contributed by atoms with Gasteiger partial charge in [0, 0.05) is 42.6 Å². The van der Waals surface area contributed by atoms with Gasteiger partial charge in [0.1, 0.15) is 0 Å². The number of benzene rings is 1. The standard InChI is InChI=1S/C23H22N6O2/c1-15-5-3-7-20(16(15)2)28-23(31)26-12-17-8-10-25-21(11-17)29-22(30)19(14-27-29)18-6-4-9-24-13-18/h3-11,13-14,27H,12H2,1-2H3,(H2,26,28,31). The van der Waals surface area contributed by atoms with Gasteiger partial charge >= 0.3 is 6.03 Å². The van der Waals surface area contributed by atoms with E-state index in [2.05, 4.69) is 25.7 Å². The van der Waals surface area contributed by atoms with Gasteiger partial charge in [-0.25, -0.2) is 14.5 Å². The van der Waals surface area contributed by atoms with Crippen LogP contribution < -0.4 is 16.2 Å². The number of anilines is 1. The number of nitrogens with zero attached hydrogens (tertiary/aromatic N) is 3. The lowest BCUT2D eigenvalue weighted by Crippen LogP contribution is -2.28. The Labute approximate surface area is 179 Å². The van der Waals surface area contributed by atoms with Crippen molar-refractivity contribution in [3.63, 3.8) is 0 Å². The van der Waals surface area contributed by atoms with Crippen LogP contribution >= 0.6 is 0 Å². The van der Waals surface area contributed by atoms with Crippen LogP contribution in [0.25, 0.3) is 16.9 Å². The molecule has 0 saturated heterocycles. The van der Waals surface area contributed by atoms with Crippen molar-refractivity contribution >= 4 is 11.7 Å². The van der Waals surface area contributed by atoms with Gasteiger partial charge in [0.05, 0.1) is 5.56 Å². The Morgan fingerprint density at radius 2 is 2.00 bits per heavy atom. The summed E-state index contributed by atoms with van der Waals surface area (Å²) in [7, 11) is 0. The Hall–Kier alpha value is -4.20. The summed E-state index contributed by atoms with van der Waals surface area (Å²) in [5, 5.41) is 8.64. The van der Waals surface area contributed by atoms with E-state index in [1.807, 2.05) is 38.1 Å². The number of aromatic nitrogens is 4. The molecule has 0 aliphatic rings. The van der Waals surface area contributed by atoms with Gasteiger partial charge in [-0.05, 0) is 54.8 Å². The zero-order valence-corrected chi connectivity index (χ0v) is 17.2. The lowest BCUT2D eigenvalue weighted by atomic mass is 10.1. The molecule has 1 aromatic carbocycles. The van der Waals surface area contributed by atoms with Crippen LogP contribution in [0.2, 0.25) is 0 Å². The predicted octanol–water partition coefficient (Wildman–Crippen LogP) is 3.56. The second kappa shape index (κ2) is 8.66. The highest BCUT2D eigenvalue weighted by atomic mass is 16.2. The molecule has 0 saturated carbocycles. The van der Waals surface area contributed by atoms with Gasteiger partial charge in [-0.1, -0.05) is 18.2 Å². The molecule has 2 amide bonds. The fourth-order valence-electron chi connectivity index (χ4n) is 3.20. The van der Waals surface area contributed by atoms with Crippen LogP contribution in [0.3, 0.4) is 0 Å². The van der Waals surface area contributed by atoms with Crippen molar-refractivity contribution in [2.24, 2.45) is 0 Å². The third kappa shape index (κ3) is 4.37. The Morgan fingerprint density at radius 3 is 2.81 bits per heavy atom. The van der Waals surface area contributed by atoms with Crippen molar-refractivity contribution in [1.82, 2.24) is 25.1 Å². The highest BCUT2D eigenvalue weighted by molar-refractivity contribution is 5.90. The van der Waals surface area contributed by atoms with E-state index in [4.69, 9.17) is 0 Å². The van der Waals surface area contributed by atoms with Gasteiger partial charge < -0.3 is 10.6 Å². The summed E-state index contributed by atoms with van der Waals surface area (Å²) in [6, 6.07) is 12.6. The number of aryl methyl sites for hydroxylation is 1. The second-order valence-corrected chi connectivity index (χ2v) is 7.15. The van der Waals surface area contributed by atoms with Crippen molar-refractivity contribution in [3.8, 4) is 16.9 Å². The maximum atomic E-state index is 12.8. The van der Waals surface area contributed by atoms with Crippen LogP contribution in [0, 0.1) is 13.8 Å². The highest BCUT2D eigenvalue weighted by Gasteiger charge is 2.12. The maximum Gasteiger partial charge on any atom is 0.319 e. The number of amides is 2. The van der Waals surface area contributed by atoms with E-state index in [0.717, 1.165) is 27.9 Å². The minimum absolute atomic E-state index is 0.224. The van der Waals surface area contributed by atoms with Gasteiger partial charge in [-0.3, -0.25) is 14.9 Å². The van der Waals surface area contributed by atoms with E-state index in [0.29, 0.717) is 11.4 Å². The Balaban J connectivity index is 1.47. The summed E-state index contributed by atoms with van der Waals surface area (Å²) in [6.07, 6.45) is 6.52. The molecule has 0 aliphatic carbocycles. The second-order valence-electron chi connectivity index (χ2n) is 7.15. The number of hydrogen-bond donors (Lipinski definition) is 3. The minimum Gasteiger partial charge on any atom is -0.334 e. The zero-order chi connectivity index (χ0) is 21.8. The SMILES string of the molecule is Cc1cccc(NC(=O)NCc2ccnc(-n3[nH]cc(-c4cccnc4)c3=O)c2)c1C. The first-order valence-electron chi connectivity index (χ1n) is 9.80. The topological polar surface area (TPSA) is 105 Å². The third-order valence-corrected chi connectivity index (χ3v) is 5.09. The summed E-state index contributed by atoms with van der Waals surface area (Å²) >= 11 is 0. The van der Waals surface area contributed by atoms with Crippen LogP contribution in [0.15, 0.2) is 72.0 Å². The smallest absolute Gasteiger partial charge is 0.319 e. The van der Waals surface area contributed by atoms with Gasteiger partial charge in [-0.15, -0.1) is 0 Å². The molecule has 4 aromatic rings. The van der Waals surface area contributed by atoms with Gasteiger partial charge in [0.15, 0.2) is 5.82 Å². The van der Waals surface area contributed by atoms with Gasteiger partial charge in [0.25, 0.3) is 5.56 Å². The quantitative estimate of drug-likeness (QED) is 0.464. The van der Waals surface area contributed by atoms with Gasteiger partial charge in [-0.2, -0.15) is 0 Å². The number of nitrogens with one attached hydrogen (secondary N) is 3. The first kappa shape index (κ1) is 20.1. The number of carbonyl (C=O) groups excluding carboxylic acids is 1. The van der Waals surface area contributed by atoms with Crippen molar-refractivity contribution < 1.29 is 4.79 Å². The largest absolute Gasteiger partial charge is 0.334 e. The average Bonchev–Trinajstić information content (AvgIpc) is 3.17. The summed E-state index contributed by atoms with van der Waals surface area (Å²) in [6.45, 7) is 4.25. The minimum atomic E-state index is -0.303. The molecule has 0 bridgehead atoms. The number of hydrogen-bond acceptors (Lipinski definition) is 4. The lowest BCUT2D eigenvalue weighted by Gasteiger charge is -2.12. The number of pyridine rings is 2. The van der Waals surface area contributed by atoms with E-state index in [1.54, 1.807) is 43.0 Å². The van der Waals surface area contributed by atoms with Crippen LogP contribution in [0.5, 0.6) is 0 Å². The fourth-order valence-corrected chi connectivity index (χ4v) is 3.20. The van der Waals surface area contributed by atoms with E-state index < -0.39 is 0 Å². The molecule has 8 nitrogen and oxygen atoms in total. The molecule has 3 aromatic heterocycles. The van der Waals surface area contributed by atoms with E-state index in [-0.39, 0.29) is 18.1 Å². The molecular weight excluding hydrogens is 392 g/mol. The molecule has 4 rings (SSSR count). The van der Waals surface area contributed by atoms with E-state index in [1.165, 1.54) is 4.68 Å². The molecule has 0 fully saturated rings. The number of aromatic amines is 1. The van der Waals surface area contributed by atoms with E-state index >= 15 is 0 Å². The molecule has 0 unspecified atom stereocenters. The fraction of sp³-hybridized carbons (Fsp3) is 0.130. The van der Waals surface area contributed by atoms with Crippen molar-refractivity contribution in [1.29, 1.82) is 0 Å². The molecule has 3 N–H and O–H groups in total. The maximum absolute atomic E-state index is 12.8. The monoisotopic (exact) mass is 414 g/mol. The first-order chi connectivity index (χ1) is 15.0. The summed E-state index contributed by atoms with van der Waals surface area (Å²) in [4.78, 5) is 33.4. The molecule has 0 atom stereocenters. The van der Waals surface area contributed by atoms with Gasteiger partial charge in [0.2, 0.25) is 0 Å². The number of H-pyrrole nitrogens is 1. The molecule has 31 heavy (non-hydrogen) atoms. The Morgan fingerprint density at radius 1 is 1.13 bits per heavy atom. The zero-order valence-electron chi connectivity index (χ0n) is 17.2. The third-order valence-electron chi connectivity index (χ3n) is 5.09. The van der Waals surface area contributed by atoms with Crippen molar-refractivity contribution in [2.45, 2.75) is 20.4 Å². The van der Waals surface area contributed by atoms with E-state index in [9.17, 15) is 9.59 Å². The molecule has 8 heteroatoms. The van der Waals surface area contributed by atoms with Crippen LogP contribution in [-0.4, -0.2) is 25.8 Å². The predicted molar refractivity (Wildman–Crippen MR) is 119 cm³/mol. The number of rotatable bonds is 5. The molecule has 156 valence electrons. The molecule has 3 heterocycles. The van der Waals surface area contributed by atoms with Crippen LogP contribution in [0.4, 0.5) is 10.5 Å². The Kier molecular flexibility index (Phi) is 5.61. The number of urea groups is 1. The normalized spacial score (nSPS) is 10.6. The molecule has 0 radical (unpaired) electrons. The molecular formula is C23H22N6O2. The summed E-state index contributed by atoms with van der Waals surface area (Å²) in [5.74, 6) is 0.439. The van der Waals surface area contributed by atoms with Crippen molar-refractivity contribution in [2.75, 3.05) is 5.32 Å². The molecule has 0 spiro atoms. The number of carbonyl (C=O) groups is 1. The van der Waals surface area contributed by atoms with Crippen LogP contribution in [0.1, 0.15) is 16.7 Å². The average molecular weight is 414 g/mol. The van der Waals surface area contributed by atoms with Crippen LogP contribution in [-0.2, 0) is 6.54 Å². The highest BCUT2D eigenvalue weighted by Crippen LogP contribution is 2.18. The van der Waals surface area contributed by atoms with Crippen molar-refractivity contribution in [3.05, 3.63) is 94.3 Å². The summed E-state index contributed by atoms with van der Waals surface area (Å²) in [5.41, 5.74) is 4.73. The lowest BCUT2D eigenvalue weighted by molar-refractivity contribution is 0.251. The first-order valence-corrected chi connectivity index (χ1v) is 9.80.